The van der Waals surface area contributed by atoms with Crippen molar-refractivity contribution in [3.8, 4) is 0 Å². The highest BCUT2D eigenvalue weighted by Crippen LogP contribution is 2.25. The van der Waals surface area contributed by atoms with Gasteiger partial charge in [0.25, 0.3) is 0 Å². The zero-order valence-corrected chi connectivity index (χ0v) is 12.2. The predicted molar refractivity (Wildman–Crippen MR) is 80.8 cm³/mol. The minimum Gasteiger partial charge on any atom is -0.373 e. The Balaban J connectivity index is 1.81. The first-order chi connectivity index (χ1) is 9.76. The van der Waals surface area contributed by atoms with Crippen LogP contribution in [0.25, 0.3) is 0 Å². The quantitative estimate of drug-likeness (QED) is 0.882. The molecule has 1 aromatic carbocycles. The van der Waals surface area contributed by atoms with Gasteiger partial charge in [0.15, 0.2) is 0 Å². The van der Waals surface area contributed by atoms with Gasteiger partial charge in [-0.3, -0.25) is 4.90 Å². The summed E-state index contributed by atoms with van der Waals surface area (Å²) in [5.41, 5.74) is 3.56. The SMILES string of the molecule is CNc1nc(Cl)nc2c1CN(Cc1ccccc1)CC2. The average Bonchev–Trinajstić information content (AvgIpc) is 2.48. The van der Waals surface area contributed by atoms with E-state index in [1.807, 2.05) is 13.1 Å². The third kappa shape index (κ3) is 2.76. The van der Waals surface area contributed by atoms with Gasteiger partial charge in [0.05, 0.1) is 5.69 Å². The number of fused-ring (bicyclic) bond motifs is 1. The Morgan fingerprint density at radius 1 is 1.25 bits per heavy atom. The van der Waals surface area contributed by atoms with Gasteiger partial charge in [0.2, 0.25) is 5.28 Å². The summed E-state index contributed by atoms with van der Waals surface area (Å²) in [6.45, 7) is 2.81. The van der Waals surface area contributed by atoms with Crippen molar-refractivity contribution in [1.29, 1.82) is 0 Å². The van der Waals surface area contributed by atoms with Gasteiger partial charge in [0.1, 0.15) is 5.82 Å². The van der Waals surface area contributed by atoms with Crippen LogP contribution in [-0.4, -0.2) is 28.5 Å². The van der Waals surface area contributed by atoms with Crippen molar-refractivity contribution < 1.29 is 0 Å². The molecule has 1 aliphatic rings. The normalized spacial score (nSPS) is 14.9. The predicted octanol–water partition coefficient (Wildman–Crippen LogP) is 2.73. The molecule has 0 saturated heterocycles. The molecule has 0 saturated carbocycles. The Morgan fingerprint density at radius 2 is 2.05 bits per heavy atom. The van der Waals surface area contributed by atoms with E-state index in [2.05, 4.69) is 44.5 Å². The molecular formula is C15H17ClN4. The molecular weight excluding hydrogens is 272 g/mol. The Kier molecular flexibility index (Phi) is 3.85. The molecule has 0 spiro atoms. The minimum absolute atomic E-state index is 0.324. The first kappa shape index (κ1) is 13.3. The van der Waals surface area contributed by atoms with E-state index in [9.17, 15) is 0 Å². The van der Waals surface area contributed by atoms with Crippen LogP contribution in [0.2, 0.25) is 5.28 Å². The van der Waals surface area contributed by atoms with Crippen molar-refractivity contribution in [3.05, 3.63) is 52.4 Å². The number of hydrogen-bond acceptors (Lipinski definition) is 4. The van der Waals surface area contributed by atoms with Crippen LogP contribution in [0.5, 0.6) is 0 Å². The van der Waals surface area contributed by atoms with Crippen molar-refractivity contribution in [2.24, 2.45) is 0 Å². The molecule has 0 bridgehead atoms. The van der Waals surface area contributed by atoms with E-state index in [1.165, 1.54) is 11.1 Å². The number of rotatable bonds is 3. The lowest BCUT2D eigenvalue weighted by Crippen LogP contribution is -2.31. The van der Waals surface area contributed by atoms with E-state index in [4.69, 9.17) is 11.6 Å². The molecule has 0 atom stereocenters. The highest BCUT2D eigenvalue weighted by Gasteiger charge is 2.21. The fourth-order valence-electron chi connectivity index (χ4n) is 2.62. The van der Waals surface area contributed by atoms with E-state index in [1.54, 1.807) is 0 Å². The maximum absolute atomic E-state index is 5.95. The number of halogens is 1. The second-order valence-electron chi connectivity index (χ2n) is 4.96. The van der Waals surface area contributed by atoms with Gasteiger partial charge in [-0.2, -0.15) is 0 Å². The van der Waals surface area contributed by atoms with Crippen LogP contribution in [0.1, 0.15) is 16.8 Å². The van der Waals surface area contributed by atoms with E-state index in [0.29, 0.717) is 5.28 Å². The molecule has 104 valence electrons. The van der Waals surface area contributed by atoms with Gasteiger partial charge in [-0.05, 0) is 17.2 Å². The molecule has 5 heteroatoms. The monoisotopic (exact) mass is 288 g/mol. The molecule has 0 radical (unpaired) electrons. The number of benzene rings is 1. The Hall–Kier alpha value is -1.65. The van der Waals surface area contributed by atoms with Crippen LogP contribution in [-0.2, 0) is 19.5 Å². The number of aromatic nitrogens is 2. The van der Waals surface area contributed by atoms with Crippen LogP contribution in [0, 0.1) is 0 Å². The Labute approximate surface area is 123 Å². The van der Waals surface area contributed by atoms with Gasteiger partial charge >= 0.3 is 0 Å². The average molecular weight is 289 g/mol. The van der Waals surface area contributed by atoms with Crippen molar-refractivity contribution in [2.75, 3.05) is 18.9 Å². The molecule has 4 nitrogen and oxygen atoms in total. The molecule has 20 heavy (non-hydrogen) atoms. The van der Waals surface area contributed by atoms with Crippen molar-refractivity contribution in [3.63, 3.8) is 0 Å². The largest absolute Gasteiger partial charge is 0.373 e. The molecule has 0 amide bonds. The highest BCUT2D eigenvalue weighted by molar-refractivity contribution is 6.28. The third-order valence-electron chi connectivity index (χ3n) is 3.60. The molecule has 0 aliphatic carbocycles. The number of hydrogen-bond donors (Lipinski definition) is 1. The summed E-state index contributed by atoms with van der Waals surface area (Å²) < 4.78 is 0. The zero-order valence-electron chi connectivity index (χ0n) is 11.4. The molecule has 1 aliphatic heterocycles. The maximum atomic E-state index is 5.95. The molecule has 2 heterocycles. The van der Waals surface area contributed by atoms with E-state index in [0.717, 1.165) is 37.6 Å². The van der Waals surface area contributed by atoms with Gasteiger partial charge < -0.3 is 5.32 Å². The standard InChI is InChI=1S/C15H17ClN4/c1-17-14-12-10-20(9-11-5-3-2-4-6-11)8-7-13(12)18-15(16)19-14/h2-6H,7-10H2,1H3,(H,17,18,19). The summed E-state index contributed by atoms with van der Waals surface area (Å²) in [5.74, 6) is 0.845. The smallest absolute Gasteiger partial charge is 0.224 e. The summed E-state index contributed by atoms with van der Waals surface area (Å²) in [7, 11) is 1.87. The lowest BCUT2D eigenvalue weighted by Gasteiger charge is -2.29. The number of nitrogens with zero attached hydrogens (tertiary/aromatic N) is 3. The van der Waals surface area contributed by atoms with Crippen LogP contribution in [0.4, 0.5) is 5.82 Å². The van der Waals surface area contributed by atoms with Crippen molar-refractivity contribution in [2.45, 2.75) is 19.5 Å². The van der Waals surface area contributed by atoms with Gasteiger partial charge in [0, 0.05) is 38.7 Å². The van der Waals surface area contributed by atoms with E-state index < -0.39 is 0 Å². The Morgan fingerprint density at radius 3 is 2.80 bits per heavy atom. The van der Waals surface area contributed by atoms with Crippen molar-refractivity contribution >= 4 is 17.4 Å². The molecule has 1 N–H and O–H groups in total. The van der Waals surface area contributed by atoms with Crippen molar-refractivity contribution in [1.82, 2.24) is 14.9 Å². The lowest BCUT2D eigenvalue weighted by molar-refractivity contribution is 0.243. The molecule has 0 fully saturated rings. The minimum atomic E-state index is 0.324. The Bertz CT molecular complexity index is 583. The summed E-state index contributed by atoms with van der Waals surface area (Å²) in [6.07, 6.45) is 0.916. The van der Waals surface area contributed by atoms with Crippen LogP contribution in [0.15, 0.2) is 30.3 Å². The van der Waals surface area contributed by atoms with Gasteiger partial charge in [-0.15, -0.1) is 0 Å². The molecule has 0 unspecified atom stereocenters. The maximum Gasteiger partial charge on any atom is 0.224 e. The second kappa shape index (κ2) is 5.77. The molecule has 1 aromatic heterocycles. The second-order valence-corrected chi connectivity index (χ2v) is 5.30. The van der Waals surface area contributed by atoms with Gasteiger partial charge in [-0.25, -0.2) is 9.97 Å². The zero-order chi connectivity index (χ0) is 13.9. The molecule has 2 aromatic rings. The first-order valence-electron chi connectivity index (χ1n) is 6.75. The summed E-state index contributed by atoms with van der Waals surface area (Å²) >= 11 is 5.95. The van der Waals surface area contributed by atoms with Crippen LogP contribution in [0.3, 0.4) is 0 Å². The topological polar surface area (TPSA) is 41.1 Å². The third-order valence-corrected chi connectivity index (χ3v) is 3.77. The first-order valence-corrected chi connectivity index (χ1v) is 7.13. The van der Waals surface area contributed by atoms with E-state index in [-0.39, 0.29) is 0 Å². The number of nitrogens with one attached hydrogen (secondary N) is 1. The fraction of sp³-hybridized carbons (Fsp3) is 0.333. The summed E-state index contributed by atoms with van der Waals surface area (Å²) in [6, 6.07) is 10.5. The lowest BCUT2D eigenvalue weighted by atomic mass is 10.1. The number of anilines is 1. The van der Waals surface area contributed by atoms with Gasteiger partial charge in [-0.1, -0.05) is 30.3 Å². The summed E-state index contributed by atoms with van der Waals surface area (Å²) in [4.78, 5) is 11.0. The van der Waals surface area contributed by atoms with E-state index >= 15 is 0 Å². The fourth-order valence-corrected chi connectivity index (χ4v) is 2.81. The van der Waals surface area contributed by atoms with Crippen LogP contribution >= 0.6 is 11.6 Å². The summed E-state index contributed by atoms with van der Waals surface area (Å²) in [5, 5.41) is 3.44. The van der Waals surface area contributed by atoms with Crippen LogP contribution < -0.4 is 5.32 Å². The highest BCUT2D eigenvalue weighted by atomic mass is 35.5. The molecule has 3 rings (SSSR count).